The number of aliphatic hydroxyl groups excluding tert-OH is 1. The van der Waals surface area contributed by atoms with Gasteiger partial charge < -0.3 is 5.11 Å². The topological polar surface area (TPSA) is 37.3 Å². The second-order valence-electron chi connectivity index (χ2n) is 9.03. The number of Topliss-reactive ketones (excluding diaryl/α,β-unsaturated/α-hetero) is 1. The van der Waals surface area contributed by atoms with Crippen molar-refractivity contribution in [2.24, 2.45) is 21.7 Å². The van der Waals surface area contributed by atoms with E-state index >= 15 is 0 Å². The van der Waals surface area contributed by atoms with Gasteiger partial charge in [-0.05, 0) is 23.7 Å². The Kier molecular flexibility index (Phi) is 3.18. The zero-order valence-electron chi connectivity index (χ0n) is 15.2. The largest absolute Gasteiger partial charge is 0.507 e. The van der Waals surface area contributed by atoms with E-state index in [0.717, 1.165) is 18.4 Å². The molecule has 0 aromatic heterocycles. The van der Waals surface area contributed by atoms with Crippen LogP contribution in [0.1, 0.15) is 59.9 Å². The van der Waals surface area contributed by atoms with Gasteiger partial charge in [-0.1, -0.05) is 71.9 Å². The third-order valence-corrected chi connectivity index (χ3v) is 7.17. The van der Waals surface area contributed by atoms with Crippen molar-refractivity contribution in [1.29, 1.82) is 0 Å². The molecule has 124 valence electrons. The highest BCUT2D eigenvalue weighted by molar-refractivity contribution is 6.10. The average molecular weight is 312 g/mol. The van der Waals surface area contributed by atoms with Crippen molar-refractivity contribution >= 4 is 11.5 Å². The van der Waals surface area contributed by atoms with Crippen molar-refractivity contribution in [3.05, 3.63) is 41.5 Å². The van der Waals surface area contributed by atoms with Crippen LogP contribution in [0.5, 0.6) is 0 Å². The lowest BCUT2D eigenvalue weighted by Crippen LogP contribution is -2.44. The van der Waals surface area contributed by atoms with E-state index in [1.807, 2.05) is 30.3 Å². The zero-order valence-corrected chi connectivity index (χ0v) is 15.2. The second-order valence-corrected chi connectivity index (χ2v) is 9.03. The van der Waals surface area contributed by atoms with Crippen LogP contribution in [-0.2, 0) is 4.79 Å². The lowest BCUT2D eigenvalue weighted by molar-refractivity contribution is -0.125. The maximum atomic E-state index is 13.4. The van der Waals surface area contributed by atoms with Gasteiger partial charge in [-0.15, -0.1) is 0 Å². The van der Waals surface area contributed by atoms with Crippen molar-refractivity contribution in [3.63, 3.8) is 0 Å². The summed E-state index contributed by atoms with van der Waals surface area (Å²) in [7, 11) is 0. The predicted molar refractivity (Wildman–Crippen MR) is 94.0 cm³/mol. The molecule has 2 saturated carbocycles. The number of carbonyl (C=O) groups is 1. The average Bonchev–Trinajstić information content (AvgIpc) is 2.76. The molecule has 2 heteroatoms. The zero-order chi connectivity index (χ0) is 17.3. The first-order valence-electron chi connectivity index (χ1n) is 8.55. The highest BCUT2D eigenvalue weighted by Crippen LogP contribution is 2.78. The summed E-state index contributed by atoms with van der Waals surface area (Å²) in [6.45, 7) is 13.1. The highest BCUT2D eigenvalue weighted by atomic mass is 16.3. The van der Waals surface area contributed by atoms with E-state index < -0.39 is 5.41 Å². The summed E-state index contributed by atoms with van der Waals surface area (Å²) in [5.41, 5.74) is 0.442. The van der Waals surface area contributed by atoms with Crippen molar-refractivity contribution in [1.82, 2.24) is 0 Å². The van der Waals surface area contributed by atoms with Crippen LogP contribution in [0.4, 0.5) is 0 Å². The van der Waals surface area contributed by atoms with E-state index in [0.29, 0.717) is 5.57 Å². The van der Waals surface area contributed by atoms with Crippen LogP contribution in [-0.4, -0.2) is 10.9 Å². The third kappa shape index (κ3) is 1.67. The number of hydrogen-bond donors (Lipinski definition) is 1. The first-order chi connectivity index (χ1) is 10.5. The van der Waals surface area contributed by atoms with Gasteiger partial charge in [-0.2, -0.15) is 0 Å². The normalized spacial score (nSPS) is 34.8. The number of benzene rings is 1. The van der Waals surface area contributed by atoms with Crippen LogP contribution >= 0.6 is 0 Å². The lowest BCUT2D eigenvalue weighted by Gasteiger charge is -2.49. The minimum Gasteiger partial charge on any atom is -0.507 e. The Labute approximate surface area is 139 Å². The van der Waals surface area contributed by atoms with Crippen LogP contribution in [0.25, 0.3) is 5.76 Å². The molecular weight excluding hydrogens is 284 g/mol. The van der Waals surface area contributed by atoms with E-state index in [-0.39, 0.29) is 27.8 Å². The Bertz CT molecular complexity index is 690. The number of hydrogen-bond acceptors (Lipinski definition) is 2. The number of fused-ring (bicyclic) bond motifs is 2. The van der Waals surface area contributed by atoms with Gasteiger partial charge in [0.05, 0.1) is 0 Å². The monoisotopic (exact) mass is 312 g/mol. The number of carbonyl (C=O) groups excluding carboxylic acids is 1. The van der Waals surface area contributed by atoms with E-state index in [4.69, 9.17) is 0 Å². The van der Waals surface area contributed by atoms with Gasteiger partial charge in [0.1, 0.15) is 5.76 Å². The van der Waals surface area contributed by atoms with E-state index in [1.54, 1.807) is 0 Å². The van der Waals surface area contributed by atoms with Crippen molar-refractivity contribution in [2.45, 2.75) is 54.4 Å². The molecule has 0 aliphatic heterocycles. The molecule has 0 saturated heterocycles. The number of rotatable bonds is 1. The number of aliphatic hydroxyl groups is 1. The third-order valence-electron chi connectivity index (χ3n) is 7.17. The molecule has 23 heavy (non-hydrogen) atoms. The summed E-state index contributed by atoms with van der Waals surface area (Å²) in [4.78, 5) is 13.4. The summed E-state index contributed by atoms with van der Waals surface area (Å²) in [6, 6.07) is 9.50. The van der Waals surface area contributed by atoms with Gasteiger partial charge in [0.25, 0.3) is 0 Å². The summed E-state index contributed by atoms with van der Waals surface area (Å²) < 4.78 is 0. The fourth-order valence-corrected chi connectivity index (χ4v) is 5.58. The van der Waals surface area contributed by atoms with Crippen molar-refractivity contribution in [2.75, 3.05) is 0 Å². The first kappa shape index (κ1) is 16.3. The first-order valence-corrected chi connectivity index (χ1v) is 8.55. The molecule has 2 aliphatic carbocycles. The van der Waals surface area contributed by atoms with Gasteiger partial charge in [0.15, 0.2) is 5.78 Å². The molecular formula is C21H28O2. The highest BCUT2D eigenvalue weighted by Gasteiger charge is 2.75. The lowest BCUT2D eigenvalue weighted by atomic mass is 9.53. The SMILES string of the molecule is CC(C)(C)C12CCC(C)(C(=O)C1=C(O)c1ccccc1)C2(C)C. The number of allylic oxidation sites excluding steroid dienone is 1. The molecule has 2 nitrogen and oxygen atoms in total. The van der Waals surface area contributed by atoms with Gasteiger partial charge in [-0.25, -0.2) is 0 Å². The minimum atomic E-state index is -0.391. The summed E-state index contributed by atoms with van der Waals surface area (Å²) in [6.07, 6.45) is 1.86. The Balaban J connectivity index is 2.36. The van der Waals surface area contributed by atoms with Crippen molar-refractivity contribution < 1.29 is 9.90 Å². The van der Waals surface area contributed by atoms with Gasteiger partial charge in [0.2, 0.25) is 0 Å². The van der Waals surface area contributed by atoms with Crippen LogP contribution in [0.3, 0.4) is 0 Å². The van der Waals surface area contributed by atoms with Crippen LogP contribution in [0.2, 0.25) is 0 Å². The fourth-order valence-electron chi connectivity index (χ4n) is 5.58. The summed E-state index contributed by atoms with van der Waals surface area (Å²) >= 11 is 0. The Morgan fingerprint density at radius 1 is 1.04 bits per heavy atom. The molecule has 0 heterocycles. The molecule has 0 radical (unpaired) electrons. The van der Waals surface area contributed by atoms with Crippen LogP contribution in [0, 0.1) is 21.7 Å². The molecule has 2 aliphatic rings. The van der Waals surface area contributed by atoms with Gasteiger partial charge in [-0.3, -0.25) is 4.79 Å². The second kappa shape index (κ2) is 4.49. The molecule has 1 aromatic carbocycles. The molecule has 2 fully saturated rings. The molecule has 0 amide bonds. The van der Waals surface area contributed by atoms with Crippen LogP contribution < -0.4 is 0 Å². The molecule has 2 bridgehead atoms. The molecule has 2 atom stereocenters. The quantitative estimate of drug-likeness (QED) is 0.557. The standard InChI is InChI=1S/C21H28O2/c1-18(2,3)21-13-12-20(6,19(21,4)5)17(23)15(21)16(22)14-10-8-7-9-11-14/h7-11,22H,12-13H2,1-6H3. The van der Waals surface area contributed by atoms with Gasteiger partial charge >= 0.3 is 0 Å². The molecule has 2 unspecified atom stereocenters. The van der Waals surface area contributed by atoms with Crippen LogP contribution in [0.15, 0.2) is 35.9 Å². The summed E-state index contributed by atoms with van der Waals surface area (Å²) in [5.74, 6) is 0.326. The Hall–Kier alpha value is -1.57. The predicted octanol–water partition coefficient (Wildman–Crippen LogP) is 5.40. The smallest absolute Gasteiger partial charge is 0.169 e. The molecule has 3 rings (SSSR count). The Morgan fingerprint density at radius 2 is 1.61 bits per heavy atom. The van der Waals surface area contributed by atoms with Crippen molar-refractivity contribution in [3.8, 4) is 0 Å². The summed E-state index contributed by atoms with van der Waals surface area (Å²) in [5, 5.41) is 11.0. The maximum absolute atomic E-state index is 13.4. The molecule has 0 spiro atoms. The molecule has 1 N–H and O–H groups in total. The fraction of sp³-hybridized carbons (Fsp3) is 0.571. The Morgan fingerprint density at radius 3 is 2.13 bits per heavy atom. The number of ketones is 1. The van der Waals surface area contributed by atoms with E-state index in [9.17, 15) is 9.90 Å². The van der Waals surface area contributed by atoms with E-state index in [2.05, 4.69) is 41.5 Å². The maximum Gasteiger partial charge on any atom is 0.169 e. The molecule has 1 aromatic rings. The van der Waals surface area contributed by atoms with E-state index in [1.165, 1.54) is 0 Å². The van der Waals surface area contributed by atoms with Gasteiger partial charge in [0, 0.05) is 22.0 Å². The minimum absolute atomic E-state index is 0.0987.